The predicted octanol–water partition coefficient (Wildman–Crippen LogP) is 5.72. The van der Waals surface area contributed by atoms with Gasteiger partial charge in [0.2, 0.25) is 0 Å². The van der Waals surface area contributed by atoms with E-state index in [1.54, 1.807) is 30.5 Å². The van der Waals surface area contributed by atoms with Crippen LogP contribution in [-0.4, -0.2) is 18.7 Å². The lowest BCUT2D eigenvalue weighted by atomic mass is 10.1. The van der Waals surface area contributed by atoms with Crippen LogP contribution in [0.3, 0.4) is 0 Å². The molecule has 1 N–H and O–H groups in total. The predicted molar refractivity (Wildman–Crippen MR) is 115 cm³/mol. The minimum Gasteiger partial charge on any atom is -0.484 e. The molecule has 0 aliphatic rings. The smallest absolute Gasteiger partial charge is 0.262 e. The quantitative estimate of drug-likeness (QED) is 0.545. The lowest BCUT2D eigenvalue weighted by Crippen LogP contribution is -2.20. The Kier molecular flexibility index (Phi) is 6.45. The molecule has 0 aromatic heterocycles. The number of halogens is 1. The molecule has 3 rings (SSSR count). The maximum atomic E-state index is 12.0. The number of hydrogen-bond acceptors (Lipinski definition) is 3. The number of rotatable bonds is 6. The topological polar surface area (TPSA) is 50.7 Å². The van der Waals surface area contributed by atoms with Crippen LogP contribution in [0.2, 0.25) is 5.02 Å². The molecule has 0 saturated carbocycles. The van der Waals surface area contributed by atoms with E-state index in [0.29, 0.717) is 16.5 Å². The van der Waals surface area contributed by atoms with Crippen molar-refractivity contribution in [3.63, 3.8) is 0 Å². The minimum absolute atomic E-state index is 0.0808. The van der Waals surface area contributed by atoms with E-state index in [-0.39, 0.29) is 12.5 Å². The highest BCUT2D eigenvalue weighted by molar-refractivity contribution is 6.30. The molecule has 0 atom stereocenters. The standard InChI is InChI=1S/C23H21ClN2O2/c1-16-6-9-20(12-17(16)2)25-14-18-7-10-22(11-8-18)28-15-23(27)26-21-5-3-4-19(24)13-21/h3-14H,15H2,1-2H3,(H,26,27). The number of ether oxygens (including phenoxy) is 1. The average molecular weight is 393 g/mol. The fraction of sp³-hybridized carbons (Fsp3) is 0.130. The van der Waals surface area contributed by atoms with E-state index in [1.165, 1.54) is 11.1 Å². The molecular weight excluding hydrogens is 372 g/mol. The van der Waals surface area contributed by atoms with Gasteiger partial charge in [-0.05, 0) is 85.1 Å². The van der Waals surface area contributed by atoms with Crippen LogP contribution in [0.4, 0.5) is 11.4 Å². The van der Waals surface area contributed by atoms with Gasteiger partial charge in [0.25, 0.3) is 5.91 Å². The molecule has 0 aliphatic carbocycles. The fourth-order valence-electron chi connectivity index (χ4n) is 2.52. The van der Waals surface area contributed by atoms with Crippen molar-refractivity contribution in [2.24, 2.45) is 4.99 Å². The summed E-state index contributed by atoms with van der Waals surface area (Å²) in [6.45, 7) is 4.07. The fourth-order valence-corrected chi connectivity index (χ4v) is 2.71. The van der Waals surface area contributed by atoms with Gasteiger partial charge in [0.15, 0.2) is 6.61 Å². The van der Waals surface area contributed by atoms with Gasteiger partial charge in [-0.1, -0.05) is 23.7 Å². The normalized spacial score (nSPS) is 10.8. The lowest BCUT2D eigenvalue weighted by Gasteiger charge is -2.08. The van der Waals surface area contributed by atoms with Gasteiger partial charge in [-0.3, -0.25) is 9.79 Å². The van der Waals surface area contributed by atoms with Crippen LogP contribution in [0.15, 0.2) is 71.7 Å². The Labute approximate surface area is 169 Å². The van der Waals surface area contributed by atoms with Crippen molar-refractivity contribution in [2.75, 3.05) is 11.9 Å². The zero-order valence-electron chi connectivity index (χ0n) is 15.8. The molecule has 142 valence electrons. The maximum absolute atomic E-state index is 12.0. The molecule has 0 fully saturated rings. The summed E-state index contributed by atoms with van der Waals surface area (Å²) in [6.07, 6.45) is 1.81. The summed E-state index contributed by atoms with van der Waals surface area (Å²) in [6, 6.07) is 20.5. The first-order valence-corrected chi connectivity index (χ1v) is 9.27. The molecule has 0 aliphatic heterocycles. The number of nitrogens with zero attached hydrogens (tertiary/aromatic N) is 1. The number of carbonyl (C=O) groups is 1. The number of amides is 1. The van der Waals surface area contributed by atoms with Gasteiger partial charge in [0.1, 0.15) is 5.75 Å². The lowest BCUT2D eigenvalue weighted by molar-refractivity contribution is -0.118. The highest BCUT2D eigenvalue weighted by Crippen LogP contribution is 2.18. The number of aryl methyl sites for hydroxylation is 2. The van der Waals surface area contributed by atoms with Crippen LogP contribution >= 0.6 is 11.6 Å². The summed E-state index contributed by atoms with van der Waals surface area (Å²) in [4.78, 5) is 16.5. The molecule has 0 spiro atoms. The second kappa shape index (κ2) is 9.20. The summed E-state index contributed by atoms with van der Waals surface area (Å²) in [5.74, 6) is 0.368. The molecule has 0 radical (unpaired) electrons. The molecule has 0 saturated heterocycles. The summed E-state index contributed by atoms with van der Waals surface area (Å²) < 4.78 is 5.53. The average Bonchev–Trinajstić information content (AvgIpc) is 2.68. The van der Waals surface area contributed by atoms with Crippen molar-refractivity contribution in [2.45, 2.75) is 13.8 Å². The van der Waals surface area contributed by atoms with Crippen molar-refractivity contribution in [1.82, 2.24) is 0 Å². The van der Waals surface area contributed by atoms with Gasteiger partial charge >= 0.3 is 0 Å². The molecule has 0 unspecified atom stereocenters. The van der Waals surface area contributed by atoms with E-state index in [0.717, 1.165) is 11.3 Å². The van der Waals surface area contributed by atoms with E-state index in [9.17, 15) is 4.79 Å². The number of aliphatic imine (C=N–C) groups is 1. The largest absolute Gasteiger partial charge is 0.484 e. The third kappa shape index (κ3) is 5.69. The number of hydrogen-bond donors (Lipinski definition) is 1. The van der Waals surface area contributed by atoms with Crippen molar-refractivity contribution in [3.8, 4) is 5.75 Å². The summed E-state index contributed by atoms with van der Waals surface area (Å²) >= 11 is 5.90. The number of nitrogens with one attached hydrogen (secondary N) is 1. The number of carbonyl (C=O) groups excluding carboxylic acids is 1. The van der Waals surface area contributed by atoms with Crippen molar-refractivity contribution in [1.29, 1.82) is 0 Å². The Morgan fingerprint density at radius 1 is 1.04 bits per heavy atom. The Morgan fingerprint density at radius 2 is 1.82 bits per heavy atom. The van der Waals surface area contributed by atoms with Gasteiger partial charge in [0.05, 0.1) is 5.69 Å². The van der Waals surface area contributed by atoms with Crippen LogP contribution < -0.4 is 10.1 Å². The highest BCUT2D eigenvalue weighted by Gasteiger charge is 2.04. The third-order valence-corrected chi connectivity index (χ3v) is 4.45. The van der Waals surface area contributed by atoms with E-state index in [4.69, 9.17) is 16.3 Å². The van der Waals surface area contributed by atoms with Crippen LogP contribution in [0, 0.1) is 13.8 Å². The first-order valence-electron chi connectivity index (χ1n) is 8.89. The Balaban J connectivity index is 1.53. The molecule has 0 bridgehead atoms. The van der Waals surface area contributed by atoms with Crippen LogP contribution in [0.5, 0.6) is 5.75 Å². The number of benzene rings is 3. The second-order valence-corrected chi connectivity index (χ2v) is 6.88. The molecule has 0 heterocycles. The minimum atomic E-state index is -0.248. The molecule has 5 heteroatoms. The van der Waals surface area contributed by atoms with E-state index in [2.05, 4.69) is 36.3 Å². The summed E-state index contributed by atoms with van der Waals surface area (Å²) in [7, 11) is 0. The van der Waals surface area contributed by atoms with Gasteiger partial charge in [-0.25, -0.2) is 0 Å². The molecule has 4 nitrogen and oxygen atoms in total. The second-order valence-electron chi connectivity index (χ2n) is 6.44. The Morgan fingerprint density at radius 3 is 2.54 bits per heavy atom. The van der Waals surface area contributed by atoms with Crippen LogP contribution in [0.25, 0.3) is 0 Å². The summed E-state index contributed by atoms with van der Waals surface area (Å²) in [5, 5.41) is 3.31. The van der Waals surface area contributed by atoms with Gasteiger partial charge < -0.3 is 10.1 Å². The highest BCUT2D eigenvalue weighted by atomic mass is 35.5. The molecule has 3 aromatic rings. The maximum Gasteiger partial charge on any atom is 0.262 e. The monoisotopic (exact) mass is 392 g/mol. The SMILES string of the molecule is Cc1ccc(N=Cc2ccc(OCC(=O)Nc3cccc(Cl)c3)cc2)cc1C. The zero-order valence-corrected chi connectivity index (χ0v) is 16.5. The van der Waals surface area contributed by atoms with E-state index in [1.807, 2.05) is 30.3 Å². The van der Waals surface area contributed by atoms with Crippen molar-refractivity contribution < 1.29 is 9.53 Å². The Hall–Kier alpha value is -3.11. The van der Waals surface area contributed by atoms with Gasteiger partial charge in [0, 0.05) is 16.9 Å². The number of anilines is 1. The van der Waals surface area contributed by atoms with Gasteiger partial charge in [-0.2, -0.15) is 0 Å². The molecule has 1 amide bonds. The summed E-state index contributed by atoms with van der Waals surface area (Å²) in [5.41, 5.74) is 4.98. The van der Waals surface area contributed by atoms with Crippen LogP contribution in [-0.2, 0) is 4.79 Å². The molecule has 3 aromatic carbocycles. The first-order chi connectivity index (χ1) is 13.5. The van der Waals surface area contributed by atoms with Crippen molar-refractivity contribution in [3.05, 3.63) is 88.4 Å². The van der Waals surface area contributed by atoms with Crippen molar-refractivity contribution >= 4 is 35.1 Å². The van der Waals surface area contributed by atoms with Crippen LogP contribution in [0.1, 0.15) is 16.7 Å². The third-order valence-electron chi connectivity index (χ3n) is 4.21. The van der Waals surface area contributed by atoms with E-state index < -0.39 is 0 Å². The van der Waals surface area contributed by atoms with Gasteiger partial charge in [-0.15, -0.1) is 0 Å². The molecule has 28 heavy (non-hydrogen) atoms. The van der Waals surface area contributed by atoms with E-state index >= 15 is 0 Å². The Bertz CT molecular complexity index is 998. The molecular formula is C23H21ClN2O2. The zero-order chi connectivity index (χ0) is 19.9. The first kappa shape index (κ1) is 19.6.